The minimum Gasteiger partial charge on any atom is -0.368 e. The standard InChI is InChI=1S/C14H22F3N3O3/c1-10(12(21)18-9-14(15,16)17)19-4-6-20(7-5-19)13(22)11-3-2-8-23-11/h10-11H,2-9H2,1H3,(H,18,21). The van der Waals surface area contributed by atoms with E-state index >= 15 is 0 Å². The number of alkyl halides is 3. The first-order valence-electron chi connectivity index (χ1n) is 7.77. The van der Waals surface area contributed by atoms with E-state index in [0.717, 1.165) is 12.8 Å². The molecule has 2 aliphatic heterocycles. The maximum Gasteiger partial charge on any atom is 0.405 e. The highest BCUT2D eigenvalue weighted by atomic mass is 19.4. The average Bonchev–Trinajstić information content (AvgIpc) is 3.05. The number of halogens is 3. The van der Waals surface area contributed by atoms with Gasteiger partial charge in [-0.05, 0) is 19.8 Å². The van der Waals surface area contributed by atoms with Crippen molar-refractivity contribution >= 4 is 11.8 Å². The number of nitrogens with zero attached hydrogens (tertiary/aromatic N) is 2. The molecule has 0 bridgehead atoms. The summed E-state index contributed by atoms with van der Waals surface area (Å²) in [6, 6.07) is -0.655. The first-order valence-corrected chi connectivity index (χ1v) is 7.77. The highest BCUT2D eigenvalue weighted by Gasteiger charge is 2.33. The van der Waals surface area contributed by atoms with Crippen LogP contribution in [0.1, 0.15) is 19.8 Å². The zero-order valence-corrected chi connectivity index (χ0v) is 13.1. The van der Waals surface area contributed by atoms with Gasteiger partial charge in [0.2, 0.25) is 5.91 Å². The Morgan fingerprint density at radius 1 is 1.26 bits per heavy atom. The van der Waals surface area contributed by atoms with Gasteiger partial charge in [0.1, 0.15) is 12.6 Å². The summed E-state index contributed by atoms with van der Waals surface area (Å²) in [5, 5.41) is 1.89. The van der Waals surface area contributed by atoms with Crippen molar-refractivity contribution in [3.63, 3.8) is 0 Å². The van der Waals surface area contributed by atoms with Gasteiger partial charge >= 0.3 is 6.18 Å². The predicted octanol–water partition coefficient (Wildman–Crippen LogP) is 0.377. The van der Waals surface area contributed by atoms with E-state index in [-0.39, 0.29) is 12.0 Å². The molecule has 23 heavy (non-hydrogen) atoms. The van der Waals surface area contributed by atoms with Crippen LogP contribution in [0.2, 0.25) is 0 Å². The Balaban J connectivity index is 1.76. The van der Waals surface area contributed by atoms with Crippen LogP contribution in [0.15, 0.2) is 0 Å². The Labute approximate surface area is 132 Å². The van der Waals surface area contributed by atoms with Gasteiger partial charge in [-0.25, -0.2) is 0 Å². The molecule has 9 heteroatoms. The van der Waals surface area contributed by atoms with Crippen molar-refractivity contribution in [2.24, 2.45) is 0 Å². The lowest BCUT2D eigenvalue weighted by molar-refractivity contribution is -0.145. The first kappa shape index (κ1) is 18.0. The molecule has 1 N–H and O–H groups in total. The first-order chi connectivity index (χ1) is 10.8. The molecule has 2 unspecified atom stereocenters. The van der Waals surface area contributed by atoms with Crippen molar-refractivity contribution in [1.82, 2.24) is 15.1 Å². The van der Waals surface area contributed by atoms with Gasteiger partial charge in [0.25, 0.3) is 5.91 Å². The van der Waals surface area contributed by atoms with Gasteiger partial charge < -0.3 is 15.0 Å². The average molecular weight is 337 g/mol. The lowest BCUT2D eigenvalue weighted by Gasteiger charge is -2.38. The molecule has 2 fully saturated rings. The molecule has 0 aromatic rings. The van der Waals surface area contributed by atoms with E-state index in [4.69, 9.17) is 4.74 Å². The van der Waals surface area contributed by atoms with Gasteiger partial charge in [-0.1, -0.05) is 0 Å². The second kappa shape index (κ2) is 7.48. The second-order valence-corrected chi connectivity index (χ2v) is 5.87. The van der Waals surface area contributed by atoms with Crippen LogP contribution in [-0.4, -0.2) is 79.3 Å². The summed E-state index contributed by atoms with van der Waals surface area (Å²) in [5.41, 5.74) is 0. The quantitative estimate of drug-likeness (QED) is 0.806. The van der Waals surface area contributed by atoms with Crippen molar-refractivity contribution in [1.29, 1.82) is 0 Å². The zero-order chi connectivity index (χ0) is 17.0. The van der Waals surface area contributed by atoms with E-state index in [9.17, 15) is 22.8 Å². The Morgan fingerprint density at radius 2 is 1.91 bits per heavy atom. The molecule has 0 aromatic carbocycles. The van der Waals surface area contributed by atoms with Gasteiger partial charge in [0, 0.05) is 32.8 Å². The normalized spacial score (nSPS) is 24.5. The molecule has 6 nitrogen and oxygen atoms in total. The van der Waals surface area contributed by atoms with Crippen LogP contribution >= 0.6 is 0 Å². The van der Waals surface area contributed by atoms with E-state index in [1.807, 2.05) is 5.32 Å². The molecule has 0 saturated carbocycles. The number of ether oxygens (including phenoxy) is 1. The molecule has 2 saturated heterocycles. The van der Waals surface area contributed by atoms with Crippen LogP contribution in [0.25, 0.3) is 0 Å². The van der Waals surface area contributed by atoms with Crippen LogP contribution < -0.4 is 5.32 Å². The molecular weight excluding hydrogens is 315 g/mol. The van der Waals surface area contributed by atoms with Crippen molar-refractivity contribution in [3.8, 4) is 0 Å². The van der Waals surface area contributed by atoms with Crippen LogP contribution in [-0.2, 0) is 14.3 Å². The van der Waals surface area contributed by atoms with Crippen molar-refractivity contribution in [3.05, 3.63) is 0 Å². The third kappa shape index (κ3) is 5.07. The highest BCUT2D eigenvalue weighted by molar-refractivity contribution is 5.82. The molecule has 0 radical (unpaired) electrons. The Kier molecular flexibility index (Phi) is 5.85. The molecule has 0 aliphatic carbocycles. The fraction of sp³-hybridized carbons (Fsp3) is 0.857. The van der Waals surface area contributed by atoms with Crippen LogP contribution in [0, 0.1) is 0 Å². The lowest BCUT2D eigenvalue weighted by atomic mass is 10.1. The monoisotopic (exact) mass is 337 g/mol. The van der Waals surface area contributed by atoms with Gasteiger partial charge in [-0.3, -0.25) is 14.5 Å². The summed E-state index contributed by atoms with van der Waals surface area (Å²) < 4.78 is 41.7. The summed E-state index contributed by atoms with van der Waals surface area (Å²) in [4.78, 5) is 27.4. The molecule has 2 aliphatic rings. The summed E-state index contributed by atoms with van der Waals surface area (Å²) in [7, 11) is 0. The fourth-order valence-electron chi connectivity index (χ4n) is 2.81. The minimum atomic E-state index is -4.41. The molecular formula is C14H22F3N3O3. The molecule has 2 atom stereocenters. The lowest BCUT2D eigenvalue weighted by Crippen LogP contribution is -2.56. The van der Waals surface area contributed by atoms with E-state index in [2.05, 4.69) is 0 Å². The van der Waals surface area contributed by atoms with E-state index in [1.165, 1.54) is 0 Å². The van der Waals surface area contributed by atoms with Crippen molar-refractivity contribution < 1.29 is 27.5 Å². The zero-order valence-electron chi connectivity index (χ0n) is 13.1. The highest BCUT2D eigenvalue weighted by Crippen LogP contribution is 2.17. The number of piperazine rings is 1. The second-order valence-electron chi connectivity index (χ2n) is 5.87. The molecule has 0 spiro atoms. The largest absolute Gasteiger partial charge is 0.405 e. The van der Waals surface area contributed by atoms with Gasteiger partial charge in [-0.15, -0.1) is 0 Å². The topological polar surface area (TPSA) is 61.9 Å². The number of rotatable bonds is 4. The predicted molar refractivity (Wildman–Crippen MR) is 75.7 cm³/mol. The van der Waals surface area contributed by atoms with Gasteiger partial charge in [0.15, 0.2) is 0 Å². The van der Waals surface area contributed by atoms with Crippen LogP contribution in [0.5, 0.6) is 0 Å². The summed E-state index contributed by atoms with van der Waals surface area (Å²) in [5.74, 6) is -0.683. The maximum atomic E-state index is 12.2. The number of nitrogens with one attached hydrogen (secondary N) is 1. The SMILES string of the molecule is CC(C(=O)NCC(F)(F)F)N1CCN(C(=O)C2CCCO2)CC1. The number of amides is 2. The van der Waals surface area contributed by atoms with Crippen molar-refractivity contribution in [2.75, 3.05) is 39.3 Å². The summed E-state index contributed by atoms with van der Waals surface area (Å²) in [6.07, 6.45) is -3.17. The fourth-order valence-corrected chi connectivity index (χ4v) is 2.81. The molecule has 2 heterocycles. The van der Waals surface area contributed by atoms with Crippen molar-refractivity contribution in [2.45, 2.75) is 38.1 Å². The molecule has 2 amide bonds. The molecule has 2 rings (SSSR count). The third-order valence-corrected chi connectivity index (χ3v) is 4.22. The van der Waals surface area contributed by atoms with Gasteiger partial charge in [-0.2, -0.15) is 13.2 Å². The summed E-state index contributed by atoms with van der Waals surface area (Å²) >= 11 is 0. The van der Waals surface area contributed by atoms with Crippen LogP contribution in [0.4, 0.5) is 13.2 Å². The minimum absolute atomic E-state index is 0.0312. The van der Waals surface area contributed by atoms with Gasteiger partial charge in [0.05, 0.1) is 6.04 Å². The van der Waals surface area contributed by atoms with E-state index < -0.39 is 24.7 Å². The molecule has 132 valence electrons. The third-order valence-electron chi connectivity index (χ3n) is 4.22. The number of carbonyl (C=O) groups excluding carboxylic acids is 2. The van der Waals surface area contributed by atoms with E-state index in [0.29, 0.717) is 32.8 Å². The Morgan fingerprint density at radius 3 is 2.43 bits per heavy atom. The smallest absolute Gasteiger partial charge is 0.368 e. The Bertz CT molecular complexity index is 431. The number of hydrogen-bond acceptors (Lipinski definition) is 4. The number of carbonyl (C=O) groups is 2. The Hall–Kier alpha value is -1.35. The van der Waals surface area contributed by atoms with E-state index in [1.54, 1.807) is 16.7 Å². The molecule has 0 aromatic heterocycles. The number of hydrogen-bond donors (Lipinski definition) is 1. The van der Waals surface area contributed by atoms with Crippen LogP contribution in [0.3, 0.4) is 0 Å². The maximum absolute atomic E-state index is 12.2. The summed E-state index contributed by atoms with van der Waals surface area (Å²) in [6.45, 7) is 2.67.